The first-order valence-electron chi connectivity index (χ1n) is 8.32. The molecule has 1 aromatic rings. The van der Waals surface area contributed by atoms with Gasteiger partial charge in [-0.2, -0.15) is 0 Å². The molecule has 1 saturated heterocycles. The lowest BCUT2D eigenvalue weighted by Crippen LogP contribution is -2.38. The first-order valence-corrected chi connectivity index (χ1v) is 8.32. The number of piperidine rings is 1. The molecule has 2 nitrogen and oxygen atoms in total. The van der Waals surface area contributed by atoms with Gasteiger partial charge in [0.1, 0.15) is 0 Å². The van der Waals surface area contributed by atoms with E-state index in [0.29, 0.717) is 0 Å². The molecule has 1 atom stereocenters. The van der Waals surface area contributed by atoms with Crippen molar-refractivity contribution in [3.05, 3.63) is 35.4 Å². The molecule has 1 unspecified atom stereocenters. The van der Waals surface area contributed by atoms with Crippen LogP contribution in [-0.4, -0.2) is 30.6 Å². The molecular formula is C18H30N2. The van der Waals surface area contributed by atoms with E-state index in [4.69, 9.17) is 0 Å². The lowest BCUT2D eigenvalue weighted by molar-refractivity contribution is 0.159. The van der Waals surface area contributed by atoms with Crippen LogP contribution in [0.4, 0.5) is 0 Å². The van der Waals surface area contributed by atoms with E-state index in [1.807, 2.05) is 0 Å². The first-order chi connectivity index (χ1) is 9.81. The number of likely N-dealkylation sites (tertiary alicyclic amines) is 1. The van der Waals surface area contributed by atoms with Crippen molar-refractivity contribution >= 4 is 0 Å². The summed E-state index contributed by atoms with van der Waals surface area (Å²) in [6.45, 7) is 9.31. The van der Waals surface area contributed by atoms with Crippen LogP contribution in [0.3, 0.4) is 0 Å². The molecule has 1 N–H and O–H groups in total. The monoisotopic (exact) mass is 274 g/mol. The highest BCUT2D eigenvalue weighted by atomic mass is 15.2. The van der Waals surface area contributed by atoms with Gasteiger partial charge in [-0.05, 0) is 63.4 Å². The van der Waals surface area contributed by atoms with Gasteiger partial charge in [-0.15, -0.1) is 0 Å². The lowest BCUT2D eigenvalue weighted by atomic mass is 10.0. The third-order valence-electron chi connectivity index (χ3n) is 4.55. The minimum Gasteiger partial charge on any atom is -0.313 e. The van der Waals surface area contributed by atoms with E-state index in [0.717, 1.165) is 25.6 Å². The Hall–Kier alpha value is -0.860. The predicted molar refractivity (Wildman–Crippen MR) is 87.0 cm³/mol. The number of hydrogen-bond donors (Lipinski definition) is 1. The fourth-order valence-electron chi connectivity index (χ4n) is 3.19. The van der Waals surface area contributed by atoms with E-state index < -0.39 is 0 Å². The van der Waals surface area contributed by atoms with E-state index in [1.54, 1.807) is 0 Å². The van der Waals surface area contributed by atoms with Crippen molar-refractivity contribution in [1.29, 1.82) is 0 Å². The van der Waals surface area contributed by atoms with Gasteiger partial charge in [0.2, 0.25) is 0 Å². The molecule has 2 heteroatoms. The molecule has 1 aromatic carbocycles. The summed E-state index contributed by atoms with van der Waals surface area (Å²) in [5.74, 6) is 0. The van der Waals surface area contributed by atoms with E-state index in [2.05, 4.69) is 48.3 Å². The fraction of sp³-hybridized carbons (Fsp3) is 0.667. The van der Waals surface area contributed by atoms with Gasteiger partial charge in [-0.3, -0.25) is 0 Å². The lowest BCUT2D eigenvalue weighted by Gasteiger charge is -2.33. The molecule has 0 aliphatic carbocycles. The fourth-order valence-corrected chi connectivity index (χ4v) is 3.19. The van der Waals surface area contributed by atoms with Gasteiger partial charge in [-0.25, -0.2) is 0 Å². The normalized spacial score (nSPS) is 20.2. The quantitative estimate of drug-likeness (QED) is 0.764. The molecule has 0 radical (unpaired) electrons. The molecule has 1 aliphatic rings. The van der Waals surface area contributed by atoms with Gasteiger partial charge in [0, 0.05) is 12.6 Å². The van der Waals surface area contributed by atoms with Gasteiger partial charge in [0.15, 0.2) is 0 Å². The van der Waals surface area contributed by atoms with Crippen molar-refractivity contribution in [2.75, 3.05) is 19.6 Å². The van der Waals surface area contributed by atoms with Crippen molar-refractivity contribution in [2.24, 2.45) is 0 Å². The summed E-state index contributed by atoms with van der Waals surface area (Å²) >= 11 is 0. The van der Waals surface area contributed by atoms with Crippen LogP contribution in [0, 0.1) is 0 Å². The van der Waals surface area contributed by atoms with Crippen LogP contribution in [0.1, 0.15) is 50.7 Å². The Bertz CT molecular complexity index is 389. The number of aryl methyl sites for hydroxylation is 1. The Morgan fingerprint density at radius 3 is 2.75 bits per heavy atom. The Kier molecular flexibility index (Phi) is 6.55. The molecule has 1 aliphatic heterocycles. The summed E-state index contributed by atoms with van der Waals surface area (Å²) in [6.07, 6.45) is 6.59. The van der Waals surface area contributed by atoms with Crippen molar-refractivity contribution < 1.29 is 0 Å². The second-order valence-corrected chi connectivity index (χ2v) is 6.03. The maximum atomic E-state index is 3.60. The summed E-state index contributed by atoms with van der Waals surface area (Å²) < 4.78 is 0. The number of hydrogen-bond acceptors (Lipinski definition) is 2. The molecule has 112 valence electrons. The van der Waals surface area contributed by atoms with Crippen LogP contribution in [0.25, 0.3) is 0 Å². The zero-order chi connectivity index (χ0) is 14.2. The highest BCUT2D eigenvalue weighted by Crippen LogP contribution is 2.16. The predicted octanol–water partition coefficient (Wildman–Crippen LogP) is 3.60. The second-order valence-electron chi connectivity index (χ2n) is 6.03. The summed E-state index contributed by atoms with van der Waals surface area (Å²) in [5.41, 5.74) is 2.94. The third kappa shape index (κ3) is 4.60. The second kappa shape index (κ2) is 8.43. The van der Waals surface area contributed by atoms with Crippen molar-refractivity contribution in [3.8, 4) is 0 Å². The molecule has 0 bridgehead atoms. The van der Waals surface area contributed by atoms with Crippen LogP contribution in [-0.2, 0) is 13.0 Å². The number of rotatable bonds is 7. The maximum absolute atomic E-state index is 3.60. The topological polar surface area (TPSA) is 15.3 Å². The average molecular weight is 274 g/mol. The van der Waals surface area contributed by atoms with E-state index >= 15 is 0 Å². The van der Waals surface area contributed by atoms with Crippen molar-refractivity contribution in [1.82, 2.24) is 10.2 Å². The van der Waals surface area contributed by atoms with Gasteiger partial charge >= 0.3 is 0 Å². The largest absolute Gasteiger partial charge is 0.313 e. The Morgan fingerprint density at radius 1 is 1.20 bits per heavy atom. The molecule has 0 amide bonds. The van der Waals surface area contributed by atoms with Gasteiger partial charge in [0.25, 0.3) is 0 Å². The van der Waals surface area contributed by atoms with Crippen LogP contribution in [0.15, 0.2) is 24.3 Å². The molecule has 2 rings (SSSR count). The van der Waals surface area contributed by atoms with E-state index in [9.17, 15) is 0 Å². The van der Waals surface area contributed by atoms with Crippen molar-refractivity contribution in [3.63, 3.8) is 0 Å². The highest BCUT2D eigenvalue weighted by Gasteiger charge is 2.16. The summed E-state index contributed by atoms with van der Waals surface area (Å²) in [7, 11) is 0. The Balaban J connectivity index is 1.64. The first kappa shape index (κ1) is 15.5. The number of benzene rings is 1. The van der Waals surface area contributed by atoms with Gasteiger partial charge in [-0.1, -0.05) is 37.6 Å². The van der Waals surface area contributed by atoms with Crippen LogP contribution >= 0.6 is 0 Å². The summed E-state index contributed by atoms with van der Waals surface area (Å²) in [4.78, 5) is 2.66. The van der Waals surface area contributed by atoms with Crippen LogP contribution in [0.5, 0.6) is 0 Å². The number of nitrogens with zero attached hydrogens (tertiary/aromatic N) is 1. The highest BCUT2D eigenvalue weighted by molar-refractivity contribution is 5.26. The summed E-state index contributed by atoms with van der Waals surface area (Å²) in [6, 6.07) is 9.57. The molecule has 1 fully saturated rings. The maximum Gasteiger partial charge on any atom is 0.0208 e. The van der Waals surface area contributed by atoms with Crippen LogP contribution in [0.2, 0.25) is 0 Å². The average Bonchev–Trinajstić information content (AvgIpc) is 2.49. The molecule has 1 heterocycles. The molecular weight excluding hydrogens is 244 g/mol. The minimum absolute atomic E-state index is 0.796. The van der Waals surface area contributed by atoms with E-state index in [-0.39, 0.29) is 0 Å². The number of nitrogens with one attached hydrogen (secondary N) is 1. The van der Waals surface area contributed by atoms with Crippen LogP contribution < -0.4 is 5.32 Å². The molecule has 0 saturated carbocycles. The molecule has 0 spiro atoms. The Morgan fingerprint density at radius 2 is 2.00 bits per heavy atom. The minimum atomic E-state index is 0.796. The Labute approximate surface area is 124 Å². The standard InChI is InChI=1S/C18H30N2/c1-3-17-10-4-5-11-18(17)15-19-12-8-14-20-13-7-6-9-16(20)2/h4-5,10-11,16,19H,3,6-9,12-15H2,1-2H3. The van der Waals surface area contributed by atoms with Crippen molar-refractivity contribution in [2.45, 2.75) is 58.5 Å². The van der Waals surface area contributed by atoms with Gasteiger partial charge < -0.3 is 10.2 Å². The van der Waals surface area contributed by atoms with Gasteiger partial charge in [0.05, 0.1) is 0 Å². The summed E-state index contributed by atoms with van der Waals surface area (Å²) in [5, 5.41) is 3.60. The SMILES string of the molecule is CCc1ccccc1CNCCCN1CCCCC1C. The smallest absolute Gasteiger partial charge is 0.0208 e. The molecule has 20 heavy (non-hydrogen) atoms. The van der Waals surface area contributed by atoms with E-state index in [1.165, 1.54) is 49.9 Å². The zero-order valence-electron chi connectivity index (χ0n) is 13.2. The third-order valence-corrected chi connectivity index (χ3v) is 4.55. The zero-order valence-corrected chi connectivity index (χ0v) is 13.2. The molecule has 0 aromatic heterocycles.